The van der Waals surface area contributed by atoms with E-state index in [4.69, 9.17) is 11.8 Å². The zero-order valence-corrected chi connectivity index (χ0v) is 12.1. The van der Waals surface area contributed by atoms with Gasteiger partial charge in [-0.2, -0.15) is 0 Å². The number of fused-ring (bicyclic) bond motifs is 1. The molecule has 2 aromatic rings. The maximum absolute atomic E-state index is 5.94. The van der Waals surface area contributed by atoms with Crippen LogP contribution in [0.25, 0.3) is 10.3 Å². The van der Waals surface area contributed by atoms with Crippen LogP contribution in [0.3, 0.4) is 0 Å². The van der Waals surface area contributed by atoms with Crippen molar-refractivity contribution in [1.82, 2.24) is 14.4 Å². The second-order valence-electron chi connectivity index (χ2n) is 3.85. The highest BCUT2D eigenvalue weighted by Crippen LogP contribution is 2.29. The van der Waals surface area contributed by atoms with Crippen molar-refractivity contribution in [2.75, 3.05) is 31.1 Å². The minimum absolute atomic E-state index is 0.853. The third kappa shape index (κ3) is 2.40. The molecule has 1 aliphatic rings. The molecule has 0 N–H and O–H groups in total. The van der Waals surface area contributed by atoms with E-state index in [1.54, 1.807) is 11.3 Å². The molecule has 0 aromatic carbocycles. The largest absolute Gasteiger partial charge is 0.345 e. The van der Waals surface area contributed by atoms with Crippen molar-refractivity contribution >= 4 is 54.5 Å². The van der Waals surface area contributed by atoms with Crippen molar-refractivity contribution in [3.8, 4) is 0 Å². The van der Waals surface area contributed by atoms with E-state index in [-0.39, 0.29) is 0 Å². The van der Waals surface area contributed by atoms with Gasteiger partial charge in [0.25, 0.3) is 0 Å². The minimum Gasteiger partial charge on any atom is -0.345 e. The van der Waals surface area contributed by atoms with Crippen LogP contribution in [0.5, 0.6) is 0 Å². The van der Waals surface area contributed by atoms with Crippen LogP contribution in [0, 0.1) is 0 Å². The molecule has 17 heavy (non-hydrogen) atoms. The van der Waals surface area contributed by atoms with E-state index >= 15 is 0 Å². The van der Waals surface area contributed by atoms with Gasteiger partial charge in [0.15, 0.2) is 5.13 Å². The van der Waals surface area contributed by atoms with Gasteiger partial charge in [0, 0.05) is 26.2 Å². The first kappa shape index (κ1) is 11.6. The summed E-state index contributed by atoms with van der Waals surface area (Å²) in [7, 11) is 0. The molecule has 0 aliphatic carbocycles. The van der Waals surface area contributed by atoms with Gasteiger partial charge in [-0.1, -0.05) is 11.3 Å². The fraction of sp³-hybridized carbons (Fsp3) is 0.400. The number of hydrogen-bond acceptors (Lipinski definition) is 5. The number of pyridine rings is 1. The summed E-state index contributed by atoms with van der Waals surface area (Å²) in [6.07, 6.45) is 0. The predicted octanol–water partition coefficient (Wildman–Crippen LogP) is 2.73. The molecule has 0 radical (unpaired) electrons. The first-order valence-corrected chi connectivity index (χ1v) is 7.26. The SMILES string of the molecule is ClN1CCN(c2nc3ccc(Br)nc3s2)CC1. The van der Waals surface area contributed by atoms with Crippen molar-refractivity contribution in [1.29, 1.82) is 0 Å². The van der Waals surface area contributed by atoms with E-state index in [0.717, 1.165) is 46.3 Å². The molecule has 0 saturated carbocycles. The fourth-order valence-corrected chi connectivity index (χ4v) is 3.36. The van der Waals surface area contributed by atoms with Gasteiger partial charge in [-0.05, 0) is 39.8 Å². The molecule has 90 valence electrons. The lowest BCUT2D eigenvalue weighted by molar-refractivity contribution is 0.416. The van der Waals surface area contributed by atoms with Crippen molar-refractivity contribution in [2.45, 2.75) is 0 Å². The Morgan fingerprint density at radius 1 is 1.18 bits per heavy atom. The highest BCUT2D eigenvalue weighted by Gasteiger charge is 2.18. The Morgan fingerprint density at radius 2 is 1.94 bits per heavy atom. The van der Waals surface area contributed by atoms with E-state index in [1.165, 1.54) is 0 Å². The first-order chi connectivity index (χ1) is 8.22. The van der Waals surface area contributed by atoms with Crippen molar-refractivity contribution in [3.63, 3.8) is 0 Å². The summed E-state index contributed by atoms with van der Waals surface area (Å²) in [5, 5.41) is 1.04. The summed E-state index contributed by atoms with van der Waals surface area (Å²) in [5.74, 6) is 0. The highest BCUT2D eigenvalue weighted by atomic mass is 79.9. The van der Waals surface area contributed by atoms with Crippen LogP contribution in [-0.2, 0) is 0 Å². The molecule has 0 spiro atoms. The van der Waals surface area contributed by atoms with Crippen LogP contribution in [-0.4, -0.2) is 40.6 Å². The number of rotatable bonds is 1. The van der Waals surface area contributed by atoms with Crippen LogP contribution in [0.4, 0.5) is 5.13 Å². The molecule has 1 saturated heterocycles. The maximum Gasteiger partial charge on any atom is 0.188 e. The Kier molecular flexibility index (Phi) is 3.21. The van der Waals surface area contributed by atoms with E-state index in [1.807, 2.05) is 16.6 Å². The van der Waals surface area contributed by atoms with Crippen molar-refractivity contribution < 1.29 is 0 Å². The van der Waals surface area contributed by atoms with E-state index < -0.39 is 0 Å². The van der Waals surface area contributed by atoms with Gasteiger partial charge < -0.3 is 4.90 Å². The highest BCUT2D eigenvalue weighted by molar-refractivity contribution is 9.10. The molecular weight excluding hydrogens is 324 g/mol. The zero-order chi connectivity index (χ0) is 11.8. The monoisotopic (exact) mass is 332 g/mol. The van der Waals surface area contributed by atoms with Gasteiger partial charge in [-0.15, -0.1) is 0 Å². The summed E-state index contributed by atoms with van der Waals surface area (Å²) >= 11 is 10.9. The number of anilines is 1. The molecule has 1 fully saturated rings. The zero-order valence-electron chi connectivity index (χ0n) is 8.94. The van der Waals surface area contributed by atoms with Crippen LogP contribution >= 0.6 is 39.0 Å². The van der Waals surface area contributed by atoms with E-state index in [0.29, 0.717) is 0 Å². The lowest BCUT2D eigenvalue weighted by Crippen LogP contribution is -2.42. The average molecular weight is 334 g/mol. The molecule has 0 atom stereocenters. The molecule has 0 unspecified atom stereocenters. The molecule has 3 rings (SSSR count). The molecule has 0 amide bonds. The van der Waals surface area contributed by atoms with Crippen molar-refractivity contribution in [2.24, 2.45) is 0 Å². The van der Waals surface area contributed by atoms with Crippen LogP contribution < -0.4 is 4.90 Å². The Bertz CT molecular complexity index is 538. The number of thiazole rings is 1. The molecule has 2 aromatic heterocycles. The quantitative estimate of drug-likeness (QED) is 0.593. The molecule has 7 heteroatoms. The van der Waals surface area contributed by atoms with E-state index in [9.17, 15) is 0 Å². The Hall–Kier alpha value is -0.430. The summed E-state index contributed by atoms with van der Waals surface area (Å²) in [6, 6.07) is 3.91. The molecule has 3 heterocycles. The van der Waals surface area contributed by atoms with Gasteiger partial charge in [-0.3, -0.25) is 0 Å². The average Bonchev–Trinajstić information content (AvgIpc) is 2.72. The maximum atomic E-state index is 5.94. The van der Waals surface area contributed by atoms with Gasteiger partial charge in [0.2, 0.25) is 0 Å². The fourth-order valence-electron chi connectivity index (χ4n) is 1.79. The van der Waals surface area contributed by atoms with Gasteiger partial charge in [0.1, 0.15) is 15.0 Å². The normalized spacial score (nSPS) is 17.9. The smallest absolute Gasteiger partial charge is 0.188 e. The lowest BCUT2D eigenvalue weighted by Gasteiger charge is -2.30. The third-order valence-corrected chi connectivity index (χ3v) is 4.51. The summed E-state index contributed by atoms with van der Waals surface area (Å²) in [6.45, 7) is 3.58. The number of halogens is 2. The second-order valence-corrected chi connectivity index (χ2v) is 6.10. The predicted molar refractivity (Wildman–Crippen MR) is 74.8 cm³/mol. The standard InChI is InChI=1S/C10H10BrClN4S/c11-8-2-1-7-9(14-8)17-10(13-7)15-3-5-16(12)6-4-15/h1-2H,3-6H2. The Morgan fingerprint density at radius 3 is 2.71 bits per heavy atom. The topological polar surface area (TPSA) is 32.3 Å². The minimum atomic E-state index is 0.853. The van der Waals surface area contributed by atoms with Gasteiger partial charge >= 0.3 is 0 Å². The van der Waals surface area contributed by atoms with E-state index in [2.05, 4.69) is 30.8 Å². The number of nitrogens with zero attached hydrogens (tertiary/aromatic N) is 4. The molecule has 4 nitrogen and oxygen atoms in total. The summed E-state index contributed by atoms with van der Waals surface area (Å²) in [5.41, 5.74) is 0.960. The lowest BCUT2D eigenvalue weighted by atomic mass is 10.4. The van der Waals surface area contributed by atoms with Crippen LogP contribution in [0.1, 0.15) is 0 Å². The van der Waals surface area contributed by atoms with Gasteiger partial charge in [0.05, 0.1) is 0 Å². The molecule has 1 aliphatic heterocycles. The van der Waals surface area contributed by atoms with Crippen molar-refractivity contribution in [3.05, 3.63) is 16.7 Å². The first-order valence-electron chi connectivity index (χ1n) is 5.31. The van der Waals surface area contributed by atoms with Crippen LogP contribution in [0.2, 0.25) is 0 Å². The summed E-state index contributed by atoms with van der Waals surface area (Å²) < 4.78 is 2.67. The molecule has 0 bridgehead atoms. The summed E-state index contributed by atoms with van der Waals surface area (Å²) in [4.78, 5) is 12.3. The number of hydrogen-bond donors (Lipinski definition) is 0. The number of piperazine rings is 1. The number of aromatic nitrogens is 2. The molecular formula is C10H10BrClN4S. The Balaban J connectivity index is 1.90. The van der Waals surface area contributed by atoms with Crippen LogP contribution in [0.15, 0.2) is 16.7 Å². The van der Waals surface area contributed by atoms with Gasteiger partial charge in [-0.25, -0.2) is 14.4 Å². The Labute approximate surface area is 116 Å². The third-order valence-electron chi connectivity index (χ3n) is 2.71. The second kappa shape index (κ2) is 4.68.